The van der Waals surface area contributed by atoms with E-state index in [4.69, 9.17) is 4.52 Å². The van der Waals surface area contributed by atoms with E-state index in [1.807, 2.05) is 37.3 Å². The first-order valence-corrected chi connectivity index (χ1v) is 12.7. The zero-order valence-electron chi connectivity index (χ0n) is 20.1. The van der Waals surface area contributed by atoms with Gasteiger partial charge in [-0.05, 0) is 67.9 Å². The lowest BCUT2D eigenvalue weighted by Crippen LogP contribution is -2.34. The van der Waals surface area contributed by atoms with Crippen LogP contribution in [0.1, 0.15) is 102 Å². The lowest BCUT2D eigenvalue weighted by molar-refractivity contribution is 0.0903. The topological polar surface area (TPSA) is 97.1 Å². The molecule has 1 aromatic carbocycles. The average molecular weight is 473 g/mol. The fourth-order valence-corrected chi connectivity index (χ4v) is 4.90. The Labute approximate surface area is 205 Å². The molecule has 2 amide bonds. The van der Waals surface area contributed by atoms with Crippen LogP contribution < -0.4 is 10.6 Å². The Bertz CT molecular complexity index is 1180. The zero-order chi connectivity index (χ0) is 24.2. The molecular weight excluding hydrogens is 440 g/mol. The number of nitrogens with one attached hydrogen (secondary N) is 2. The van der Waals surface area contributed by atoms with Crippen molar-refractivity contribution >= 4 is 17.5 Å². The van der Waals surface area contributed by atoms with Gasteiger partial charge in [0.25, 0.3) is 11.8 Å². The SMILES string of the molecule is CCc1ccc(NC(=O)c2cccc(C(NC(=O)c3cc(C4CC4)on3)C3CCCCC3)c2)cn1. The minimum absolute atomic E-state index is 0.192. The predicted molar refractivity (Wildman–Crippen MR) is 133 cm³/mol. The zero-order valence-corrected chi connectivity index (χ0v) is 20.1. The van der Waals surface area contributed by atoms with Crippen molar-refractivity contribution in [3.05, 3.63) is 76.9 Å². The van der Waals surface area contributed by atoms with Gasteiger partial charge < -0.3 is 15.2 Å². The molecule has 3 aromatic rings. The van der Waals surface area contributed by atoms with Crippen molar-refractivity contribution in [3.63, 3.8) is 0 Å². The molecule has 0 radical (unpaired) electrons. The Morgan fingerprint density at radius 2 is 1.86 bits per heavy atom. The van der Waals surface area contributed by atoms with E-state index in [0.717, 1.165) is 62.0 Å². The summed E-state index contributed by atoms with van der Waals surface area (Å²) < 4.78 is 5.40. The first-order valence-electron chi connectivity index (χ1n) is 12.7. The van der Waals surface area contributed by atoms with Gasteiger partial charge in [-0.15, -0.1) is 0 Å². The van der Waals surface area contributed by atoms with Crippen molar-refractivity contribution in [1.29, 1.82) is 0 Å². The Balaban J connectivity index is 1.35. The third kappa shape index (κ3) is 5.61. The molecule has 35 heavy (non-hydrogen) atoms. The van der Waals surface area contributed by atoms with Crippen LogP contribution in [0, 0.1) is 5.92 Å². The monoisotopic (exact) mass is 472 g/mol. The number of pyridine rings is 1. The summed E-state index contributed by atoms with van der Waals surface area (Å²) in [6.45, 7) is 2.04. The molecule has 2 aromatic heterocycles. The van der Waals surface area contributed by atoms with Gasteiger partial charge in [-0.1, -0.05) is 43.5 Å². The number of carbonyl (C=O) groups is 2. The van der Waals surface area contributed by atoms with Crippen LogP contribution in [0.15, 0.2) is 53.2 Å². The first kappa shape index (κ1) is 23.3. The number of anilines is 1. The summed E-state index contributed by atoms with van der Waals surface area (Å²) in [6.07, 6.45) is 10.3. The summed E-state index contributed by atoms with van der Waals surface area (Å²) in [5.41, 5.74) is 3.45. The Hall–Kier alpha value is -3.48. The summed E-state index contributed by atoms with van der Waals surface area (Å²) in [5.74, 6) is 1.09. The molecule has 182 valence electrons. The Kier molecular flexibility index (Phi) is 6.93. The van der Waals surface area contributed by atoms with E-state index in [2.05, 4.69) is 20.8 Å². The van der Waals surface area contributed by atoms with Gasteiger partial charge in [0.1, 0.15) is 5.76 Å². The number of aryl methyl sites for hydroxylation is 1. The number of benzene rings is 1. The van der Waals surface area contributed by atoms with E-state index in [1.165, 1.54) is 6.42 Å². The van der Waals surface area contributed by atoms with E-state index in [0.29, 0.717) is 28.8 Å². The maximum Gasteiger partial charge on any atom is 0.273 e. The van der Waals surface area contributed by atoms with Crippen LogP contribution in [0.2, 0.25) is 0 Å². The number of rotatable bonds is 8. The van der Waals surface area contributed by atoms with E-state index < -0.39 is 0 Å². The molecule has 7 heteroatoms. The Morgan fingerprint density at radius 3 is 2.57 bits per heavy atom. The summed E-state index contributed by atoms with van der Waals surface area (Å²) in [6, 6.07) is 12.9. The van der Waals surface area contributed by atoms with Crippen molar-refractivity contribution in [2.75, 3.05) is 5.32 Å². The van der Waals surface area contributed by atoms with E-state index >= 15 is 0 Å². The molecule has 7 nitrogen and oxygen atoms in total. The molecule has 5 rings (SSSR count). The number of aromatic nitrogens is 2. The van der Waals surface area contributed by atoms with Crippen LogP contribution in [-0.2, 0) is 6.42 Å². The van der Waals surface area contributed by atoms with Crippen molar-refractivity contribution in [3.8, 4) is 0 Å². The minimum atomic E-state index is -0.229. The van der Waals surface area contributed by atoms with Crippen molar-refractivity contribution < 1.29 is 14.1 Å². The van der Waals surface area contributed by atoms with Crippen LogP contribution in [-0.4, -0.2) is 22.0 Å². The molecule has 2 N–H and O–H groups in total. The fraction of sp³-hybridized carbons (Fsp3) is 0.429. The molecule has 2 saturated carbocycles. The second-order valence-electron chi connectivity index (χ2n) is 9.71. The second-order valence-corrected chi connectivity index (χ2v) is 9.71. The maximum atomic E-state index is 13.1. The maximum absolute atomic E-state index is 13.1. The summed E-state index contributed by atoms with van der Waals surface area (Å²) in [7, 11) is 0. The van der Waals surface area contributed by atoms with Crippen LogP contribution in [0.5, 0.6) is 0 Å². The van der Waals surface area contributed by atoms with Gasteiger partial charge in [-0.3, -0.25) is 14.6 Å². The first-order chi connectivity index (χ1) is 17.1. The van der Waals surface area contributed by atoms with E-state index in [-0.39, 0.29) is 17.9 Å². The van der Waals surface area contributed by atoms with E-state index in [1.54, 1.807) is 18.3 Å². The van der Waals surface area contributed by atoms with Crippen molar-refractivity contribution in [2.45, 2.75) is 70.3 Å². The molecule has 1 atom stereocenters. The molecular formula is C28H32N4O3. The number of hydrogen-bond donors (Lipinski definition) is 2. The van der Waals surface area contributed by atoms with Gasteiger partial charge in [0.2, 0.25) is 0 Å². The van der Waals surface area contributed by atoms with Crippen LogP contribution >= 0.6 is 0 Å². The highest BCUT2D eigenvalue weighted by Crippen LogP contribution is 2.40. The van der Waals surface area contributed by atoms with Gasteiger partial charge in [-0.2, -0.15) is 0 Å². The summed E-state index contributed by atoms with van der Waals surface area (Å²) >= 11 is 0. The average Bonchev–Trinajstić information content (AvgIpc) is 3.64. The predicted octanol–water partition coefficient (Wildman–Crippen LogP) is 5.81. The summed E-state index contributed by atoms with van der Waals surface area (Å²) in [4.78, 5) is 30.5. The molecule has 2 aliphatic rings. The fourth-order valence-electron chi connectivity index (χ4n) is 4.90. The van der Waals surface area contributed by atoms with Gasteiger partial charge in [0.15, 0.2) is 5.69 Å². The lowest BCUT2D eigenvalue weighted by Gasteiger charge is -2.31. The molecule has 1 unspecified atom stereocenters. The third-order valence-electron chi connectivity index (χ3n) is 7.10. The molecule has 0 spiro atoms. The van der Waals surface area contributed by atoms with Crippen molar-refractivity contribution in [2.24, 2.45) is 5.92 Å². The highest BCUT2D eigenvalue weighted by Gasteiger charge is 2.31. The van der Waals surface area contributed by atoms with Gasteiger partial charge in [-0.25, -0.2) is 0 Å². The highest BCUT2D eigenvalue weighted by molar-refractivity contribution is 6.04. The number of nitrogens with zero attached hydrogens (tertiary/aromatic N) is 2. The van der Waals surface area contributed by atoms with Gasteiger partial charge >= 0.3 is 0 Å². The van der Waals surface area contributed by atoms with Crippen molar-refractivity contribution in [1.82, 2.24) is 15.5 Å². The number of amides is 2. The summed E-state index contributed by atoms with van der Waals surface area (Å²) in [5, 5.41) is 10.2. The largest absolute Gasteiger partial charge is 0.360 e. The van der Waals surface area contributed by atoms with Crippen LogP contribution in [0.3, 0.4) is 0 Å². The lowest BCUT2D eigenvalue weighted by atomic mass is 9.80. The van der Waals surface area contributed by atoms with Crippen LogP contribution in [0.25, 0.3) is 0 Å². The van der Waals surface area contributed by atoms with E-state index in [9.17, 15) is 9.59 Å². The quantitative estimate of drug-likeness (QED) is 0.431. The molecule has 2 heterocycles. The van der Waals surface area contributed by atoms with Gasteiger partial charge in [0.05, 0.1) is 17.9 Å². The molecule has 0 saturated heterocycles. The Morgan fingerprint density at radius 1 is 1.03 bits per heavy atom. The number of hydrogen-bond acceptors (Lipinski definition) is 5. The molecule has 2 fully saturated rings. The highest BCUT2D eigenvalue weighted by atomic mass is 16.5. The number of carbonyl (C=O) groups excluding carboxylic acids is 2. The third-order valence-corrected chi connectivity index (χ3v) is 7.10. The standard InChI is InChI=1S/C28H32N4O3/c1-2-22-13-14-23(17-29-22)30-27(33)21-10-6-9-20(15-21)26(19-7-4-3-5-8-19)31-28(34)24-16-25(35-32-24)18-11-12-18/h6,9-10,13-19,26H,2-5,7-8,11-12H2,1H3,(H,30,33)(H,31,34). The molecule has 0 aliphatic heterocycles. The second kappa shape index (κ2) is 10.4. The normalized spacial score (nSPS) is 17.1. The van der Waals surface area contributed by atoms with Gasteiger partial charge in [0, 0.05) is 23.2 Å². The molecule has 2 aliphatic carbocycles. The van der Waals surface area contributed by atoms with Crippen LogP contribution in [0.4, 0.5) is 5.69 Å². The minimum Gasteiger partial charge on any atom is -0.360 e. The smallest absolute Gasteiger partial charge is 0.273 e. The molecule has 0 bridgehead atoms.